The summed E-state index contributed by atoms with van der Waals surface area (Å²) in [5, 5.41) is 4.41. The molecule has 0 aliphatic heterocycles. The molecule has 2 aromatic rings. The number of benzene rings is 2. The maximum absolute atomic E-state index is 6.23. The molecule has 26 heavy (non-hydrogen) atoms. The molecule has 0 spiro atoms. The first-order valence-corrected chi connectivity index (χ1v) is 9.64. The molecule has 0 bridgehead atoms. The lowest BCUT2D eigenvalue weighted by molar-refractivity contribution is 0.238. The Labute approximate surface area is 163 Å². The summed E-state index contributed by atoms with van der Waals surface area (Å²) < 4.78 is 6.13. The van der Waals surface area contributed by atoms with E-state index in [0.717, 1.165) is 29.3 Å². The van der Waals surface area contributed by atoms with Crippen LogP contribution in [0.25, 0.3) is 0 Å². The molecule has 2 nitrogen and oxygen atoms in total. The first-order chi connectivity index (χ1) is 12.1. The van der Waals surface area contributed by atoms with Crippen molar-refractivity contribution >= 4 is 11.6 Å². The second-order valence-corrected chi connectivity index (χ2v) is 9.38. The highest BCUT2D eigenvalue weighted by molar-refractivity contribution is 6.30. The maximum Gasteiger partial charge on any atom is 0.124 e. The van der Waals surface area contributed by atoms with E-state index in [1.807, 2.05) is 30.3 Å². The Morgan fingerprint density at radius 3 is 2.31 bits per heavy atom. The van der Waals surface area contributed by atoms with E-state index in [1.54, 1.807) is 0 Å². The Morgan fingerprint density at radius 1 is 0.962 bits per heavy atom. The molecule has 0 radical (unpaired) electrons. The van der Waals surface area contributed by atoms with Crippen LogP contribution in [0.4, 0.5) is 0 Å². The minimum atomic E-state index is 0.0356. The van der Waals surface area contributed by atoms with Crippen molar-refractivity contribution in [2.24, 2.45) is 5.41 Å². The van der Waals surface area contributed by atoms with Gasteiger partial charge in [0.15, 0.2) is 0 Å². The van der Waals surface area contributed by atoms with Gasteiger partial charge in [0.05, 0.1) is 0 Å². The van der Waals surface area contributed by atoms with E-state index >= 15 is 0 Å². The fourth-order valence-corrected chi connectivity index (χ4v) is 3.67. The van der Waals surface area contributed by atoms with E-state index in [-0.39, 0.29) is 11.0 Å². The lowest BCUT2D eigenvalue weighted by atomic mass is 9.82. The molecule has 0 aromatic heterocycles. The Hall–Kier alpha value is -1.51. The van der Waals surface area contributed by atoms with E-state index in [4.69, 9.17) is 16.3 Å². The third-order valence-electron chi connectivity index (χ3n) is 4.40. The molecule has 0 saturated heterocycles. The average Bonchev–Trinajstić information content (AvgIpc) is 2.51. The smallest absolute Gasteiger partial charge is 0.124 e. The molecule has 0 amide bonds. The number of hydrogen-bond acceptors (Lipinski definition) is 2. The second kappa shape index (κ2) is 8.45. The third kappa shape index (κ3) is 6.66. The van der Waals surface area contributed by atoms with E-state index in [2.05, 4.69) is 59.0 Å². The molecule has 0 saturated carbocycles. The molecule has 1 N–H and O–H groups in total. The van der Waals surface area contributed by atoms with Gasteiger partial charge in [-0.3, -0.25) is 0 Å². The van der Waals surface area contributed by atoms with Crippen molar-refractivity contribution in [3.05, 3.63) is 64.2 Å². The van der Waals surface area contributed by atoms with Gasteiger partial charge in [0.1, 0.15) is 12.4 Å². The van der Waals surface area contributed by atoms with Crippen LogP contribution in [0, 0.1) is 12.3 Å². The molecular weight excluding hydrogens is 342 g/mol. The largest absolute Gasteiger partial charge is 0.489 e. The van der Waals surface area contributed by atoms with Crippen molar-refractivity contribution in [1.29, 1.82) is 0 Å². The van der Waals surface area contributed by atoms with Crippen molar-refractivity contribution in [3.63, 3.8) is 0 Å². The zero-order chi connectivity index (χ0) is 19.4. The highest BCUT2D eigenvalue weighted by Gasteiger charge is 2.25. The number of aryl methyl sites for hydroxylation is 1. The molecule has 3 heteroatoms. The topological polar surface area (TPSA) is 21.3 Å². The number of nitrogens with one attached hydrogen (secondary N) is 1. The highest BCUT2D eigenvalue weighted by atomic mass is 35.5. The van der Waals surface area contributed by atoms with Gasteiger partial charge in [-0.15, -0.1) is 0 Å². The van der Waals surface area contributed by atoms with Crippen LogP contribution < -0.4 is 10.1 Å². The van der Waals surface area contributed by atoms with Crippen LogP contribution >= 0.6 is 11.6 Å². The Kier molecular flexibility index (Phi) is 6.76. The summed E-state index contributed by atoms with van der Waals surface area (Å²) >= 11 is 6.23. The average molecular weight is 374 g/mol. The summed E-state index contributed by atoms with van der Waals surface area (Å²) in [4.78, 5) is 0. The Balaban J connectivity index is 2.08. The van der Waals surface area contributed by atoms with Crippen molar-refractivity contribution in [2.45, 2.75) is 66.7 Å². The van der Waals surface area contributed by atoms with Crippen molar-refractivity contribution in [2.75, 3.05) is 0 Å². The van der Waals surface area contributed by atoms with E-state index < -0.39 is 0 Å². The Morgan fingerprint density at radius 2 is 1.65 bits per heavy atom. The zero-order valence-corrected chi connectivity index (χ0v) is 17.7. The van der Waals surface area contributed by atoms with Gasteiger partial charge in [-0.25, -0.2) is 0 Å². The van der Waals surface area contributed by atoms with E-state index in [1.165, 1.54) is 11.1 Å². The molecule has 2 aromatic carbocycles. The minimum absolute atomic E-state index is 0.0356. The van der Waals surface area contributed by atoms with Gasteiger partial charge < -0.3 is 10.1 Å². The number of rotatable bonds is 7. The Bertz CT molecular complexity index is 731. The minimum Gasteiger partial charge on any atom is -0.489 e. The molecule has 0 aliphatic carbocycles. The first kappa shape index (κ1) is 20.8. The van der Waals surface area contributed by atoms with E-state index in [0.29, 0.717) is 6.61 Å². The molecule has 2 rings (SSSR count). The molecule has 0 heterocycles. The quantitative estimate of drug-likeness (QED) is 0.595. The van der Waals surface area contributed by atoms with Crippen LogP contribution in [0.3, 0.4) is 0 Å². The summed E-state index contributed by atoms with van der Waals surface area (Å²) in [6.07, 6.45) is 1.08. The van der Waals surface area contributed by atoms with Crippen LogP contribution in [-0.4, -0.2) is 5.54 Å². The summed E-state index contributed by atoms with van der Waals surface area (Å²) in [5.41, 5.74) is 3.85. The van der Waals surface area contributed by atoms with Crippen molar-refractivity contribution < 1.29 is 4.74 Å². The lowest BCUT2D eigenvalue weighted by Crippen LogP contribution is -2.41. The fraction of sp³-hybridized carbons (Fsp3) is 0.478. The van der Waals surface area contributed by atoms with Crippen molar-refractivity contribution in [1.82, 2.24) is 5.32 Å². The maximum atomic E-state index is 6.23. The van der Waals surface area contributed by atoms with Gasteiger partial charge in [0.2, 0.25) is 0 Å². The molecule has 142 valence electrons. The fourth-order valence-electron chi connectivity index (χ4n) is 3.48. The van der Waals surface area contributed by atoms with Crippen LogP contribution in [0.1, 0.15) is 57.7 Å². The molecule has 0 aliphatic rings. The van der Waals surface area contributed by atoms with Gasteiger partial charge in [-0.2, -0.15) is 0 Å². The number of hydrogen-bond donors (Lipinski definition) is 1. The van der Waals surface area contributed by atoms with Gasteiger partial charge in [-0.05, 0) is 61.9 Å². The van der Waals surface area contributed by atoms with Crippen molar-refractivity contribution in [3.8, 4) is 5.75 Å². The lowest BCUT2D eigenvalue weighted by Gasteiger charge is -2.33. The zero-order valence-electron chi connectivity index (χ0n) is 16.9. The van der Waals surface area contributed by atoms with Crippen LogP contribution in [-0.2, 0) is 13.2 Å². The molecule has 0 unspecified atom stereocenters. The van der Waals surface area contributed by atoms with E-state index in [9.17, 15) is 0 Å². The number of ether oxygens (including phenoxy) is 1. The van der Waals surface area contributed by atoms with Gasteiger partial charge in [-0.1, -0.05) is 56.6 Å². The third-order valence-corrected chi connectivity index (χ3v) is 4.63. The summed E-state index contributed by atoms with van der Waals surface area (Å²) in [7, 11) is 0. The predicted octanol–water partition coefficient (Wildman–Crippen LogP) is 6.53. The standard InChI is InChI=1S/C23H32ClNO/c1-17-9-7-8-10-18(17)15-26-21-12-11-20(24)13-19(21)14-25-23(5,6)16-22(2,3)4/h7-13,25H,14-16H2,1-6H3. The normalized spacial score (nSPS) is 12.3. The predicted molar refractivity (Wildman–Crippen MR) is 112 cm³/mol. The summed E-state index contributed by atoms with van der Waals surface area (Å²) in [5.74, 6) is 0.886. The summed E-state index contributed by atoms with van der Waals surface area (Å²) in [6, 6.07) is 14.2. The monoisotopic (exact) mass is 373 g/mol. The molecule has 0 fully saturated rings. The molecular formula is C23H32ClNO. The summed E-state index contributed by atoms with van der Waals surface area (Å²) in [6.45, 7) is 14.7. The second-order valence-electron chi connectivity index (χ2n) is 8.94. The number of halogens is 1. The first-order valence-electron chi connectivity index (χ1n) is 9.26. The highest BCUT2D eigenvalue weighted by Crippen LogP contribution is 2.29. The van der Waals surface area contributed by atoms with Crippen LogP contribution in [0.2, 0.25) is 5.02 Å². The van der Waals surface area contributed by atoms with Crippen LogP contribution in [0.15, 0.2) is 42.5 Å². The van der Waals surface area contributed by atoms with Gasteiger partial charge >= 0.3 is 0 Å². The SMILES string of the molecule is Cc1ccccc1COc1ccc(Cl)cc1CNC(C)(C)CC(C)(C)C. The van der Waals surface area contributed by atoms with Crippen LogP contribution in [0.5, 0.6) is 5.75 Å². The van der Waals surface area contributed by atoms with Gasteiger partial charge in [0.25, 0.3) is 0 Å². The molecule has 0 atom stereocenters. The van der Waals surface area contributed by atoms with Gasteiger partial charge in [0, 0.05) is 22.7 Å².